The highest BCUT2D eigenvalue weighted by Gasteiger charge is 2.20. The number of nitrogens with zero attached hydrogens (tertiary/aromatic N) is 5. The van der Waals surface area contributed by atoms with Gasteiger partial charge < -0.3 is 0 Å². The zero-order valence-electron chi connectivity index (χ0n) is 15.2. The predicted octanol–water partition coefficient (Wildman–Crippen LogP) is 4.30. The van der Waals surface area contributed by atoms with Crippen LogP contribution in [0.4, 0.5) is 0 Å². The van der Waals surface area contributed by atoms with Crippen LogP contribution in [-0.2, 0) is 19.5 Å². The Kier molecular flexibility index (Phi) is 4.47. The zero-order valence-corrected chi connectivity index (χ0v) is 16.0. The Morgan fingerprint density at radius 2 is 1.89 bits per heavy atom. The summed E-state index contributed by atoms with van der Waals surface area (Å²) in [4.78, 5) is 20.3. The van der Waals surface area contributed by atoms with Crippen molar-refractivity contribution < 1.29 is 0 Å². The molecule has 0 saturated carbocycles. The summed E-state index contributed by atoms with van der Waals surface area (Å²) in [5.74, 6) is 0.761. The first-order valence-corrected chi connectivity index (χ1v) is 9.66. The molecule has 0 N–H and O–H groups in total. The molecule has 3 aromatic heterocycles. The largest absolute Gasteiger partial charge is 0.294 e. The quantitative estimate of drug-likeness (QED) is 0.490. The number of halogens is 1. The van der Waals surface area contributed by atoms with Crippen LogP contribution in [0.3, 0.4) is 0 Å². The molecule has 0 spiro atoms. The van der Waals surface area contributed by atoms with E-state index >= 15 is 0 Å². The normalized spacial score (nSPS) is 14.2. The molecule has 0 atom stereocenters. The van der Waals surface area contributed by atoms with Gasteiger partial charge in [0.05, 0.1) is 11.2 Å². The number of hydrogen-bond donors (Lipinski definition) is 0. The number of para-hydroxylation sites is 1. The smallest absolute Gasteiger partial charge is 0.159 e. The van der Waals surface area contributed by atoms with Crippen LogP contribution in [0.1, 0.15) is 16.8 Å². The maximum Gasteiger partial charge on any atom is 0.159 e. The molecule has 1 aromatic carbocycles. The van der Waals surface area contributed by atoms with Crippen molar-refractivity contribution in [3.05, 3.63) is 83.0 Å². The molecule has 0 aliphatic carbocycles. The molecule has 1 aliphatic heterocycles. The number of benzene rings is 1. The van der Waals surface area contributed by atoms with E-state index in [0.717, 1.165) is 59.6 Å². The third kappa shape index (κ3) is 3.35. The summed E-state index contributed by atoms with van der Waals surface area (Å²) in [6.45, 7) is 2.51. The molecule has 0 fully saturated rings. The lowest BCUT2D eigenvalue weighted by Crippen LogP contribution is -2.31. The van der Waals surface area contributed by atoms with Crippen LogP contribution < -0.4 is 0 Å². The Morgan fingerprint density at radius 1 is 1.04 bits per heavy atom. The van der Waals surface area contributed by atoms with Crippen LogP contribution >= 0.6 is 11.6 Å². The van der Waals surface area contributed by atoms with E-state index < -0.39 is 0 Å². The van der Waals surface area contributed by atoms with Gasteiger partial charge in [0.15, 0.2) is 5.82 Å². The number of rotatable bonds is 3. The highest BCUT2D eigenvalue weighted by molar-refractivity contribution is 6.30. The van der Waals surface area contributed by atoms with Crippen molar-refractivity contribution in [3.63, 3.8) is 0 Å². The van der Waals surface area contributed by atoms with E-state index in [4.69, 9.17) is 16.6 Å². The van der Waals surface area contributed by atoms with Crippen LogP contribution in [0.5, 0.6) is 0 Å². The van der Waals surface area contributed by atoms with Crippen molar-refractivity contribution in [3.8, 4) is 11.4 Å². The van der Waals surface area contributed by atoms with Gasteiger partial charge in [0, 0.05) is 66.7 Å². The molecule has 138 valence electrons. The standard InChI is InChI=1S/C22H18ClN5/c23-21-17(11-16-3-1-2-4-19(16)26-21)13-28-10-7-20-18(14-28)12-25-22(27-20)15-5-8-24-9-6-15/h1-6,8-9,11-12H,7,10,13-14H2. The Balaban J connectivity index is 1.37. The average molecular weight is 388 g/mol. The highest BCUT2D eigenvalue weighted by Crippen LogP contribution is 2.25. The lowest BCUT2D eigenvalue weighted by molar-refractivity contribution is 0.243. The van der Waals surface area contributed by atoms with E-state index in [0.29, 0.717) is 5.15 Å². The van der Waals surface area contributed by atoms with Gasteiger partial charge in [0.1, 0.15) is 5.15 Å². The molecular formula is C22H18ClN5. The fraction of sp³-hybridized carbons (Fsp3) is 0.182. The summed E-state index contributed by atoms with van der Waals surface area (Å²) >= 11 is 6.44. The van der Waals surface area contributed by atoms with Gasteiger partial charge in [-0.2, -0.15) is 0 Å². The molecule has 0 bridgehead atoms. The first-order valence-electron chi connectivity index (χ1n) is 9.28. The summed E-state index contributed by atoms with van der Waals surface area (Å²) in [6, 6.07) is 14.1. The van der Waals surface area contributed by atoms with Crippen molar-refractivity contribution in [1.82, 2.24) is 24.8 Å². The van der Waals surface area contributed by atoms with Crippen molar-refractivity contribution >= 4 is 22.5 Å². The second kappa shape index (κ2) is 7.26. The Bertz CT molecular complexity index is 1150. The van der Waals surface area contributed by atoms with Crippen LogP contribution in [0.25, 0.3) is 22.3 Å². The molecule has 5 rings (SSSR count). The molecule has 0 amide bonds. The first-order chi connectivity index (χ1) is 13.8. The second-order valence-electron chi connectivity index (χ2n) is 6.99. The van der Waals surface area contributed by atoms with Crippen LogP contribution in [0, 0.1) is 0 Å². The predicted molar refractivity (Wildman–Crippen MR) is 110 cm³/mol. The van der Waals surface area contributed by atoms with Gasteiger partial charge >= 0.3 is 0 Å². The molecular weight excluding hydrogens is 370 g/mol. The molecule has 0 radical (unpaired) electrons. The maximum atomic E-state index is 6.44. The fourth-order valence-electron chi connectivity index (χ4n) is 3.64. The van der Waals surface area contributed by atoms with Gasteiger partial charge in [0.2, 0.25) is 0 Å². The van der Waals surface area contributed by atoms with Gasteiger partial charge in [-0.15, -0.1) is 0 Å². The van der Waals surface area contributed by atoms with Gasteiger partial charge in [-0.1, -0.05) is 29.8 Å². The minimum atomic E-state index is 0.578. The molecule has 28 heavy (non-hydrogen) atoms. The summed E-state index contributed by atoms with van der Waals surface area (Å²) in [5, 5.41) is 1.69. The van der Waals surface area contributed by atoms with Crippen LogP contribution in [0.15, 0.2) is 61.1 Å². The van der Waals surface area contributed by atoms with E-state index in [-0.39, 0.29) is 0 Å². The van der Waals surface area contributed by atoms with Gasteiger partial charge in [-0.05, 0) is 24.3 Å². The van der Waals surface area contributed by atoms with Gasteiger partial charge in [-0.25, -0.2) is 15.0 Å². The molecule has 1 aliphatic rings. The maximum absolute atomic E-state index is 6.44. The topological polar surface area (TPSA) is 54.8 Å². The van der Waals surface area contributed by atoms with Gasteiger partial charge in [0.25, 0.3) is 0 Å². The molecule has 5 nitrogen and oxygen atoms in total. The molecule has 4 aromatic rings. The second-order valence-corrected chi connectivity index (χ2v) is 7.35. The summed E-state index contributed by atoms with van der Waals surface area (Å²) < 4.78 is 0. The Hall–Kier alpha value is -2.89. The summed E-state index contributed by atoms with van der Waals surface area (Å²) in [6.07, 6.45) is 6.38. The third-order valence-electron chi connectivity index (χ3n) is 5.10. The number of hydrogen-bond acceptors (Lipinski definition) is 5. The van der Waals surface area contributed by atoms with Crippen LogP contribution in [-0.4, -0.2) is 31.4 Å². The molecule has 4 heterocycles. The molecule has 0 unspecified atom stereocenters. The van der Waals surface area contributed by atoms with Crippen LogP contribution in [0.2, 0.25) is 5.15 Å². The Morgan fingerprint density at radius 3 is 2.79 bits per heavy atom. The number of aromatic nitrogens is 4. The van der Waals surface area contributed by atoms with E-state index in [1.807, 2.05) is 36.5 Å². The van der Waals surface area contributed by atoms with Crippen molar-refractivity contribution in [2.45, 2.75) is 19.5 Å². The SMILES string of the molecule is Clc1nc2ccccc2cc1CN1CCc2nc(-c3ccncc3)ncc2C1. The molecule has 6 heteroatoms. The van der Waals surface area contributed by atoms with Gasteiger partial charge in [-0.3, -0.25) is 9.88 Å². The third-order valence-corrected chi connectivity index (χ3v) is 5.42. The Labute approximate surface area is 168 Å². The monoisotopic (exact) mass is 387 g/mol. The lowest BCUT2D eigenvalue weighted by Gasteiger charge is -2.28. The van der Waals surface area contributed by atoms with Crippen molar-refractivity contribution in [1.29, 1.82) is 0 Å². The lowest BCUT2D eigenvalue weighted by atomic mass is 10.1. The number of pyridine rings is 2. The van der Waals surface area contributed by atoms with E-state index in [1.54, 1.807) is 12.4 Å². The fourth-order valence-corrected chi connectivity index (χ4v) is 3.84. The zero-order chi connectivity index (χ0) is 18.9. The highest BCUT2D eigenvalue weighted by atomic mass is 35.5. The van der Waals surface area contributed by atoms with Crippen molar-refractivity contribution in [2.24, 2.45) is 0 Å². The van der Waals surface area contributed by atoms with E-state index in [9.17, 15) is 0 Å². The summed E-state index contributed by atoms with van der Waals surface area (Å²) in [5.41, 5.74) is 5.28. The first kappa shape index (κ1) is 17.2. The average Bonchev–Trinajstić information content (AvgIpc) is 2.74. The van der Waals surface area contributed by atoms with Crippen molar-refractivity contribution in [2.75, 3.05) is 6.54 Å². The molecule has 0 saturated heterocycles. The minimum Gasteiger partial charge on any atom is -0.294 e. The van der Waals surface area contributed by atoms with E-state index in [2.05, 4.69) is 32.0 Å². The number of fused-ring (bicyclic) bond motifs is 2. The minimum absolute atomic E-state index is 0.578. The van der Waals surface area contributed by atoms with E-state index in [1.165, 1.54) is 5.56 Å². The summed E-state index contributed by atoms with van der Waals surface area (Å²) in [7, 11) is 0.